The van der Waals surface area contributed by atoms with Crippen LogP contribution in [0.15, 0.2) is 46.9 Å². The van der Waals surface area contributed by atoms with Crippen molar-refractivity contribution in [1.82, 2.24) is 9.88 Å². The first-order chi connectivity index (χ1) is 15.3. The highest BCUT2D eigenvalue weighted by Gasteiger charge is 2.28. The van der Waals surface area contributed by atoms with Crippen LogP contribution in [0, 0.1) is 5.82 Å². The maximum atomic E-state index is 14.0. The van der Waals surface area contributed by atoms with Crippen LogP contribution in [-0.4, -0.2) is 41.0 Å². The molecule has 0 saturated carbocycles. The summed E-state index contributed by atoms with van der Waals surface area (Å²) in [7, 11) is 0. The van der Waals surface area contributed by atoms with Gasteiger partial charge in [0.25, 0.3) is 5.91 Å². The van der Waals surface area contributed by atoms with Crippen molar-refractivity contribution in [2.45, 2.75) is 32.9 Å². The number of hydrogen-bond acceptors (Lipinski definition) is 5. The van der Waals surface area contributed by atoms with Gasteiger partial charge in [-0.05, 0) is 38.1 Å². The number of rotatable bonds is 5. The molecule has 2 heterocycles. The first kappa shape index (κ1) is 22.4. The van der Waals surface area contributed by atoms with E-state index in [2.05, 4.69) is 40.0 Å². The average Bonchev–Trinajstić information content (AvgIpc) is 2.77. The Morgan fingerprint density at radius 2 is 2.03 bits per heavy atom. The molecule has 6 nitrogen and oxygen atoms in total. The van der Waals surface area contributed by atoms with Crippen LogP contribution in [0.1, 0.15) is 35.5 Å². The zero-order valence-corrected chi connectivity index (χ0v) is 19.4. The van der Waals surface area contributed by atoms with E-state index in [1.165, 1.54) is 12.1 Å². The van der Waals surface area contributed by atoms with Crippen LogP contribution < -0.4 is 5.32 Å². The number of fused-ring (bicyclic) bond motifs is 2. The van der Waals surface area contributed by atoms with Crippen molar-refractivity contribution in [2.24, 2.45) is 0 Å². The van der Waals surface area contributed by atoms with E-state index in [-0.39, 0.29) is 5.69 Å². The molecule has 2 aromatic carbocycles. The molecule has 1 aromatic heterocycles. The van der Waals surface area contributed by atoms with Crippen molar-refractivity contribution in [1.29, 1.82) is 0 Å². The molecule has 3 aromatic rings. The largest absolute Gasteiger partial charge is 0.452 e. The lowest BCUT2D eigenvalue weighted by Crippen LogP contribution is -2.37. The Kier molecular flexibility index (Phi) is 6.53. The summed E-state index contributed by atoms with van der Waals surface area (Å²) in [5.74, 6) is -1.78. The molecule has 0 atom stereocenters. The standard InChI is InChI=1S/C24H23BrFN3O3/c1-14(2)29-10-9-20-17(12-29)23(16-5-3-4-6-19(16)27-20)24(31)32-13-22(30)28-21-8-7-15(25)11-18(21)26/h3-8,11,14H,9-10,12-13H2,1-2H3,(H,28,30). The molecule has 166 valence electrons. The fraction of sp³-hybridized carbons (Fsp3) is 0.292. The van der Waals surface area contributed by atoms with Gasteiger partial charge in [0.1, 0.15) is 5.82 Å². The summed E-state index contributed by atoms with van der Waals surface area (Å²) in [5, 5.41) is 3.13. The van der Waals surface area contributed by atoms with Crippen molar-refractivity contribution < 1.29 is 18.7 Å². The number of benzene rings is 2. The molecule has 0 bridgehead atoms. The number of nitrogens with one attached hydrogen (secondary N) is 1. The number of carbonyl (C=O) groups is 2. The second-order valence-electron chi connectivity index (χ2n) is 7.99. The third kappa shape index (κ3) is 4.66. The summed E-state index contributed by atoms with van der Waals surface area (Å²) in [4.78, 5) is 32.5. The third-order valence-electron chi connectivity index (χ3n) is 5.55. The molecule has 0 unspecified atom stereocenters. The predicted octanol–water partition coefficient (Wildman–Crippen LogP) is 4.70. The van der Waals surface area contributed by atoms with Gasteiger partial charge in [0, 0.05) is 46.7 Å². The lowest BCUT2D eigenvalue weighted by Gasteiger charge is -2.32. The molecular weight excluding hydrogens is 477 g/mol. The number of hydrogen-bond donors (Lipinski definition) is 1. The summed E-state index contributed by atoms with van der Waals surface area (Å²) >= 11 is 3.17. The van der Waals surface area contributed by atoms with Crippen molar-refractivity contribution in [3.8, 4) is 0 Å². The minimum atomic E-state index is -0.615. The molecule has 1 aliphatic rings. The van der Waals surface area contributed by atoms with Gasteiger partial charge in [0.05, 0.1) is 16.8 Å². The summed E-state index contributed by atoms with van der Waals surface area (Å²) in [6.07, 6.45) is 0.738. The summed E-state index contributed by atoms with van der Waals surface area (Å²) in [6.45, 7) is 5.16. The zero-order valence-electron chi connectivity index (χ0n) is 17.8. The zero-order chi connectivity index (χ0) is 22.8. The minimum Gasteiger partial charge on any atom is -0.452 e. The number of pyridine rings is 1. The topological polar surface area (TPSA) is 71.5 Å². The highest BCUT2D eigenvalue weighted by Crippen LogP contribution is 2.29. The second kappa shape index (κ2) is 9.34. The van der Waals surface area contributed by atoms with Gasteiger partial charge in [-0.1, -0.05) is 34.1 Å². The minimum absolute atomic E-state index is 0.0218. The third-order valence-corrected chi connectivity index (χ3v) is 6.04. The Balaban J connectivity index is 1.57. The summed E-state index contributed by atoms with van der Waals surface area (Å²) in [6, 6.07) is 12.0. The van der Waals surface area contributed by atoms with Gasteiger partial charge in [-0.25, -0.2) is 9.18 Å². The van der Waals surface area contributed by atoms with Gasteiger partial charge in [0.2, 0.25) is 0 Å². The Morgan fingerprint density at radius 3 is 2.78 bits per heavy atom. The van der Waals surface area contributed by atoms with E-state index in [9.17, 15) is 14.0 Å². The molecule has 0 saturated heterocycles. The van der Waals surface area contributed by atoms with Gasteiger partial charge < -0.3 is 10.1 Å². The number of anilines is 1. The Labute approximate surface area is 193 Å². The number of para-hydroxylation sites is 1. The molecule has 0 fully saturated rings. The smallest absolute Gasteiger partial charge is 0.339 e. The van der Waals surface area contributed by atoms with Crippen LogP contribution in [0.4, 0.5) is 10.1 Å². The van der Waals surface area contributed by atoms with Gasteiger partial charge in [-0.3, -0.25) is 14.7 Å². The van der Waals surface area contributed by atoms with Crippen molar-refractivity contribution in [3.63, 3.8) is 0 Å². The fourth-order valence-corrected chi connectivity index (χ4v) is 4.20. The number of esters is 1. The van der Waals surface area contributed by atoms with E-state index in [0.29, 0.717) is 28.0 Å². The highest BCUT2D eigenvalue weighted by atomic mass is 79.9. The van der Waals surface area contributed by atoms with E-state index < -0.39 is 24.3 Å². The van der Waals surface area contributed by atoms with Crippen molar-refractivity contribution in [3.05, 3.63) is 69.6 Å². The number of nitrogens with zero attached hydrogens (tertiary/aromatic N) is 2. The SMILES string of the molecule is CC(C)N1CCc2nc3ccccc3c(C(=O)OCC(=O)Nc3ccc(Br)cc3F)c2C1. The molecule has 1 N–H and O–H groups in total. The first-order valence-corrected chi connectivity index (χ1v) is 11.2. The molecule has 0 spiro atoms. The molecular formula is C24H23BrFN3O3. The average molecular weight is 500 g/mol. The van der Waals surface area contributed by atoms with E-state index in [1.807, 2.05) is 24.3 Å². The fourth-order valence-electron chi connectivity index (χ4n) is 3.87. The van der Waals surface area contributed by atoms with Crippen LogP contribution in [0.25, 0.3) is 10.9 Å². The second-order valence-corrected chi connectivity index (χ2v) is 8.91. The molecule has 1 aliphatic heterocycles. The number of amides is 1. The number of aromatic nitrogens is 1. The molecule has 32 heavy (non-hydrogen) atoms. The van der Waals surface area contributed by atoms with Gasteiger partial charge >= 0.3 is 5.97 Å². The summed E-state index contributed by atoms with van der Waals surface area (Å²) in [5.41, 5.74) is 2.91. The van der Waals surface area contributed by atoms with Gasteiger partial charge in [-0.2, -0.15) is 0 Å². The number of carbonyl (C=O) groups excluding carboxylic acids is 2. The Hall–Kier alpha value is -2.84. The van der Waals surface area contributed by atoms with E-state index >= 15 is 0 Å². The number of ether oxygens (including phenoxy) is 1. The lowest BCUT2D eigenvalue weighted by atomic mass is 9.95. The van der Waals surface area contributed by atoms with Gasteiger partial charge in [-0.15, -0.1) is 0 Å². The van der Waals surface area contributed by atoms with Crippen LogP contribution in [0.3, 0.4) is 0 Å². The maximum Gasteiger partial charge on any atom is 0.339 e. The monoisotopic (exact) mass is 499 g/mol. The molecule has 8 heteroatoms. The van der Waals surface area contributed by atoms with Crippen LogP contribution in [0.2, 0.25) is 0 Å². The van der Waals surface area contributed by atoms with E-state index in [1.54, 1.807) is 6.07 Å². The highest BCUT2D eigenvalue weighted by molar-refractivity contribution is 9.10. The normalized spacial score (nSPS) is 13.8. The molecule has 0 aliphatic carbocycles. The Bertz CT molecular complexity index is 1200. The van der Waals surface area contributed by atoms with Crippen LogP contribution in [-0.2, 0) is 22.5 Å². The molecule has 0 radical (unpaired) electrons. The lowest BCUT2D eigenvalue weighted by molar-refractivity contribution is -0.119. The number of halogens is 2. The predicted molar refractivity (Wildman–Crippen MR) is 124 cm³/mol. The van der Waals surface area contributed by atoms with Crippen LogP contribution >= 0.6 is 15.9 Å². The first-order valence-electron chi connectivity index (χ1n) is 10.4. The molecule has 1 amide bonds. The quantitative estimate of drug-likeness (QED) is 0.515. The van der Waals surface area contributed by atoms with E-state index in [4.69, 9.17) is 9.72 Å². The van der Waals surface area contributed by atoms with Crippen LogP contribution in [0.5, 0.6) is 0 Å². The molecule has 4 rings (SSSR count). The maximum absolute atomic E-state index is 14.0. The van der Waals surface area contributed by atoms with Crippen molar-refractivity contribution >= 4 is 44.4 Å². The summed E-state index contributed by atoms with van der Waals surface area (Å²) < 4.78 is 19.9. The van der Waals surface area contributed by atoms with Gasteiger partial charge in [0.15, 0.2) is 6.61 Å². The Morgan fingerprint density at radius 1 is 1.25 bits per heavy atom. The van der Waals surface area contributed by atoms with E-state index in [0.717, 1.165) is 29.7 Å². The van der Waals surface area contributed by atoms with Crippen molar-refractivity contribution in [2.75, 3.05) is 18.5 Å².